The fourth-order valence-corrected chi connectivity index (χ4v) is 3.45. The Morgan fingerprint density at radius 1 is 1.07 bits per heavy atom. The molecule has 28 heavy (non-hydrogen) atoms. The molecular weight excluding hydrogens is 372 g/mol. The van der Waals surface area contributed by atoms with E-state index in [0.29, 0.717) is 11.3 Å². The molecule has 0 radical (unpaired) electrons. The lowest BCUT2D eigenvalue weighted by Gasteiger charge is -2.13. The maximum absolute atomic E-state index is 12.2. The Hall–Kier alpha value is -3.19. The largest absolute Gasteiger partial charge is 0.378 e. The summed E-state index contributed by atoms with van der Waals surface area (Å²) >= 11 is 1.50. The van der Waals surface area contributed by atoms with Crippen LogP contribution in [0.2, 0.25) is 0 Å². The fraction of sp³-hybridized carbons (Fsp3) is 0.190. The smallest absolute Gasteiger partial charge is 0.269 e. The fourth-order valence-electron chi connectivity index (χ4n) is 2.63. The molecule has 2 aromatic carbocycles. The molecule has 0 saturated carbocycles. The zero-order valence-electron chi connectivity index (χ0n) is 16.0. The molecule has 0 atom stereocenters. The second-order valence-corrected chi connectivity index (χ2v) is 7.50. The predicted octanol–water partition coefficient (Wildman–Crippen LogP) is 3.19. The number of hydrazine groups is 1. The van der Waals surface area contributed by atoms with Gasteiger partial charge in [-0.3, -0.25) is 20.4 Å². The van der Waals surface area contributed by atoms with Gasteiger partial charge in [0.05, 0.1) is 12.1 Å². The minimum atomic E-state index is -0.365. The summed E-state index contributed by atoms with van der Waals surface area (Å²) in [5, 5.41) is 2.73. The molecule has 144 valence electrons. The van der Waals surface area contributed by atoms with Crippen molar-refractivity contribution in [1.82, 2.24) is 15.8 Å². The maximum Gasteiger partial charge on any atom is 0.269 e. The van der Waals surface area contributed by atoms with E-state index in [1.807, 2.05) is 55.6 Å². The van der Waals surface area contributed by atoms with Crippen LogP contribution in [0.3, 0.4) is 0 Å². The number of nitrogens with one attached hydrogen (secondary N) is 2. The van der Waals surface area contributed by atoms with Gasteiger partial charge in [-0.05, 0) is 31.2 Å². The molecule has 0 bridgehead atoms. The predicted molar refractivity (Wildman–Crippen MR) is 112 cm³/mol. The summed E-state index contributed by atoms with van der Waals surface area (Å²) in [5.41, 5.74) is 9.14. The molecule has 3 aromatic rings. The molecule has 0 unspecified atom stereocenters. The van der Waals surface area contributed by atoms with Crippen molar-refractivity contribution in [2.24, 2.45) is 0 Å². The van der Waals surface area contributed by atoms with Gasteiger partial charge in [0, 0.05) is 36.3 Å². The van der Waals surface area contributed by atoms with E-state index >= 15 is 0 Å². The van der Waals surface area contributed by atoms with Crippen molar-refractivity contribution in [3.8, 4) is 10.6 Å². The van der Waals surface area contributed by atoms with Crippen molar-refractivity contribution in [2.45, 2.75) is 13.3 Å². The SMILES string of the molecule is Cc1cccc(-c2nc(CC(=O)NNC(=O)c3cccc(N(C)C)c3)cs2)c1. The molecule has 2 N–H and O–H groups in total. The van der Waals surface area contributed by atoms with Crippen molar-refractivity contribution in [3.63, 3.8) is 0 Å². The number of benzene rings is 2. The minimum absolute atomic E-state index is 0.0976. The Morgan fingerprint density at radius 3 is 2.61 bits per heavy atom. The van der Waals surface area contributed by atoms with Crippen molar-refractivity contribution < 1.29 is 9.59 Å². The first kappa shape index (κ1) is 19.6. The molecule has 0 aliphatic carbocycles. The summed E-state index contributed by atoms with van der Waals surface area (Å²) in [6.45, 7) is 2.03. The van der Waals surface area contributed by atoms with E-state index in [4.69, 9.17) is 0 Å². The third-order valence-electron chi connectivity index (χ3n) is 4.10. The van der Waals surface area contributed by atoms with Gasteiger partial charge in [-0.2, -0.15) is 0 Å². The topological polar surface area (TPSA) is 74.3 Å². The van der Waals surface area contributed by atoms with Crippen molar-refractivity contribution in [3.05, 3.63) is 70.7 Å². The Morgan fingerprint density at radius 2 is 1.86 bits per heavy atom. The quantitative estimate of drug-likeness (QED) is 0.652. The van der Waals surface area contributed by atoms with Crippen LogP contribution in [0.4, 0.5) is 5.69 Å². The van der Waals surface area contributed by atoms with Crippen LogP contribution in [0.5, 0.6) is 0 Å². The summed E-state index contributed by atoms with van der Waals surface area (Å²) in [4.78, 5) is 30.8. The van der Waals surface area contributed by atoms with Gasteiger partial charge >= 0.3 is 0 Å². The van der Waals surface area contributed by atoms with E-state index in [9.17, 15) is 9.59 Å². The van der Waals surface area contributed by atoms with Crippen LogP contribution in [-0.4, -0.2) is 30.9 Å². The summed E-state index contributed by atoms with van der Waals surface area (Å²) < 4.78 is 0. The number of amides is 2. The first-order chi connectivity index (χ1) is 13.4. The van der Waals surface area contributed by atoms with E-state index in [1.165, 1.54) is 11.3 Å². The molecule has 3 rings (SSSR count). The lowest BCUT2D eigenvalue weighted by Crippen LogP contribution is -2.42. The van der Waals surface area contributed by atoms with E-state index in [1.54, 1.807) is 18.2 Å². The van der Waals surface area contributed by atoms with Crippen LogP contribution >= 0.6 is 11.3 Å². The number of rotatable bonds is 5. The zero-order chi connectivity index (χ0) is 20.1. The zero-order valence-corrected chi connectivity index (χ0v) is 16.8. The Kier molecular flexibility index (Phi) is 6.06. The van der Waals surface area contributed by atoms with Crippen LogP contribution in [0, 0.1) is 6.92 Å². The van der Waals surface area contributed by atoms with Crippen LogP contribution in [-0.2, 0) is 11.2 Å². The second-order valence-electron chi connectivity index (χ2n) is 6.64. The van der Waals surface area contributed by atoms with E-state index < -0.39 is 0 Å². The van der Waals surface area contributed by atoms with Gasteiger partial charge in [0.2, 0.25) is 5.91 Å². The van der Waals surface area contributed by atoms with Crippen molar-refractivity contribution in [2.75, 3.05) is 19.0 Å². The number of carbonyl (C=O) groups excluding carboxylic acids is 2. The Labute approximate surface area is 168 Å². The lowest BCUT2D eigenvalue weighted by atomic mass is 10.1. The Balaban J connectivity index is 1.56. The maximum atomic E-state index is 12.2. The molecule has 2 amide bonds. The van der Waals surface area contributed by atoms with E-state index in [-0.39, 0.29) is 18.2 Å². The first-order valence-corrected chi connectivity index (χ1v) is 9.68. The first-order valence-electron chi connectivity index (χ1n) is 8.80. The van der Waals surface area contributed by atoms with Crippen molar-refractivity contribution in [1.29, 1.82) is 0 Å². The summed E-state index contributed by atoms with van der Waals surface area (Å²) in [6, 6.07) is 15.2. The number of anilines is 1. The summed E-state index contributed by atoms with van der Waals surface area (Å²) in [6.07, 6.45) is 0.0976. The summed E-state index contributed by atoms with van der Waals surface area (Å²) in [5.74, 6) is -0.686. The third-order valence-corrected chi connectivity index (χ3v) is 5.04. The number of carbonyl (C=O) groups is 2. The standard InChI is InChI=1S/C21H22N4O2S/c1-14-6-4-8-16(10-14)21-22-17(13-28-21)12-19(26)23-24-20(27)15-7-5-9-18(11-15)25(2)3/h4-11,13H,12H2,1-3H3,(H,23,26)(H,24,27). The average Bonchev–Trinajstić information content (AvgIpc) is 3.14. The van der Waals surface area contributed by atoms with Gasteiger partial charge in [0.1, 0.15) is 5.01 Å². The van der Waals surface area contributed by atoms with Crippen molar-refractivity contribution >= 4 is 28.8 Å². The highest BCUT2D eigenvalue weighted by molar-refractivity contribution is 7.13. The monoisotopic (exact) mass is 394 g/mol. The van der Waals surface area contributed by atoms with Gasteiger partial charge in [-0.15, -0.1) is 11.3 Å². The molecule has 0 spiro atoms. The van der Waals surface area contributed by atoms with Gasteiger partial charge in [0.15, 0.2) is 0 Å². The molecule has 7 heteroatoms. The molecule has 1 aromatic heterocycles. The van der Waals surface area contributed by atoms with Gasteiger partial charge in [-0.1, -0.05) is 29.8 Å². The van der Waals surface area contributed by atoms with E-state index in [2.05, 4.69) is 21.9 Å². The molecule has 0 aliphatic heterocycles. The highest BCUT2D eigenvalue weighted by Crippen LogP contribution is 2.24. The average molecular weight is 395 g/mol. The van der Waals surface area contributed by atoms with Crippen LogP contribution in [0.25, 0.3) is 10.6 Å². The minimum Gasteiger partial charge on any atom is -0.378 e. The normalized spacial score (nSPS) is 10.4. The van der Waals surface area contributed by atoms with Gasteiger partial charge in [-0.25, -0.2) is 4.98 Å². The summed E-state index contributed by atoms with van der Waals surface area (Å²) in [7, 11) is 3.80. The van der Waals surface area contributed by atoms with Crippen LogP contribution in [0.1, 0.15) is 21.6 Å². The highest BCUT2D eigenvalue weighted by Gasteiger charge is 2.11. The number of aromatic nitrogens is 1. The van der Waals surface area contributed by atoms with Crippen LogP contribution in [0.15, 0.2) is 53.9 Å². The van der Waals surface area contributed by atoms with E-state index in [0.717, 1.165) is 21.8 Å². The Bertz CT molecular complexity index is 997. The molecule has 0 fully saturated rings. The molecule has 0 saturated heterocycles. The number of aryl methyl sites for hydroxylation is 1. The molecule has 1 heterocycles. The number of hydrogen-bond acceptors (Lipinski definition) is 5. The molecule has 6 nitrogen and oxygen atoms in total. The molecule has 0 aliphatic rings. The highest BCUT2D eigenvalue weighted by atomic mass is 32.1. The number of thiazole rings is 1. The third kappa shape index (κ3) is 4.95. The van der Waals surface area contributed by atoms with Gasteiger partial charge < -0.3 is 4.90 Å². The second kappa shape index (κ2) is 8.67. The lowest BCUT2D eigenvalue weighted by molar-refractivity contribution is -0.121. The van der Waals surface area contributed by atoms with Crippen LogP contribution < -0.4 is 15.8 Å². The number of nitrogens with zero attached hydrogens (tertiary/aromatic N) is 2. The number of hydrogen-bond donors (Lipinski definition) is 2. The van der Waals surface area contributed by atoms with Gasteiger partial charge in [0.25, 0.3) is 5.91 Å². The molecular formula is C21H22N4O2S.